The summed E-state index contributed by atoms with van der Waals surface area (Å²) in [6.07, 6.45) is 2.27. The third-order valence-corrected chi connectivity index (χ3v) is 4.59. The molecular formula is C14H12F3NS. The van der Waals surface area contributed by atoms with Gasteiger partial charge >= 0.3 is 0 Å². The van der Waals surface area contributed by atoms with E-state index in [-0.39, 0.29) is 6.04 Å². The van der Waals surface area contributed by atoms with Crippen molar-refractivity contribution in [2.24, 2.45) is 11.7 Å². The van der Waals surface area contributed by atoms with Crippen molar-refractivity contribution in [2.75, 3.05) is 0 Å². The van der Waals surface area contributed by atoms with Crippen molar-refractivity contribution in [1.29, 1.82) is 0 Å². The molecule has 2 N–H and O–H groups in total. The lowest BCUT2D eigenvalue weighted by Crippen LogP contribution is -2.10. The Hall–Kier alpha value is -1.33. The van der Waals surface area contributed by atoms with E-state index in [2.05, 4.69) is 0 Å². The second kappa shape index (κ2) is 4.65. The third kappa shape index (κ3) is 2.40. The van der Waals surface area contributed by atoms with Gasteiger partial charge in [0.1, 0.15) is 0 Å². The van der Waals surface area contributed by atoms with Crippen LogP contribution in [-0.2, 0) is 0 Å². The highest BCUT2D eigenvalue weighted by Gasteiger charge is 2.30. The summed E-state index contributed by atoms with van der Waals surface area (Å²) in [6, 6.07) is 5.66. The molecule has 0 spiro atoms. The predicted octanol–water partition coefficient (Wildman–Crippen LogP) is 4.24. The molecule has 1 aliphatic rings. The molecule has 3 rings (SSSR count). The summed E-state index contributed by atoms with van der Waals surface area (Å²) in [4.78, 5) is 1.70. The van der Waals surface area contributed by atoms with Crippen LogP contribution < -0.4 is 5.73 Å². The molecule has 19 heavy (non-hydrogen) atoms. The highest BCUT2D eigenvalue weighted by atomic mass is 32.1. The standard InChI is InChI=1S/C14H12F3NS/c15-9-5-8(6-10(16)13(9)17)11-3-4-12(19-11)14(18)7-1-2-7/h3-7,14H,1-2,18H2. The van der Waals surface area contributed by atoms with Crippen molar-refractivity contribution in [3.63, 3.8) is 0 Å². The summed E-state index contributed by atoms with van der Waals surface area (Å²) in [7, 11) is 0. The first-order valence-electron chi connectivity index (χ1n) is 6.06. The van der Waals surface area contributed by atoms with Crippen LogP contribution in [0.1, 0.15) is 23.8 Å². The van der Waals surface area contributed by atoms with Gasteiger partial charge in [-0.1, -0.05) is 0 Å². The number of nitrogens with two attached hydrogens (primary N) is 1. The minimum Gasteiger partial charge on any atom is -0.323 e. The molecule has 1 aliphatic carbocycles. The van der Waals surface area contributed by atoms with Crippen LogP contribution in [0.3, 0.4) is 0 Å². The van der Waals surface area contributed by atoms with Gasteiger partial charge in [-0.25, -0.2) is 13.2 Å². The average Bonchev–Trinajstić information content (AvgIpc) is 3.11. The Morgan fingerprint density at radius 3 is 2.32 bits per heavy atom. The Labute approximate surface area is 112 Å². The Morgan fingerprint density at radius 2 is 1.74 bits per heavy atom. The Bertz CT molecular complexity index is 596. The zero-order chi connectivity index (χ0) is 13.6. The van der Waals surface area contributed by atoms with E-state index in [4.69, 9.17) is 5.73 Å². The summed E-state index contributed by atoms with van der Waals surface area (Å²) in [6.45, 7) is 0. The van der Waals surface area contributed by atoms with Gasteiger partial charge < -0.3 is 5.73 Å². The van der Waals surface area contributed by atoms with E-state index in [1.807, 2.05) is 6.07 Å². The van der Waals surface area contributed by atoms with Gasteiger partial charge in [0.15, 0.2) is 17.5 Å². The number of rotatable bonds is 3. The predicted molar refractivity (Wildman–Crippen MR) is 69.3 cm³/mol. The van der Waals surface area contributed by atoms with Crippen LogP contribution in [0.5, 0.6) is 0 Å². The Morgan fingerprint density at radius 1 is 1.11 bits per heavy atom. The van der Waals surface area contributed by atoms with Crippen LogP contribution in [0.4, 0.5) is 13.2 Å². The molecule has 100 valence electrons. The first kappa shape index (κ1) is 12.7. The quantitative estimate of drug-likeness (QED) is 0.838. The van der Waals surface area contributed by atoms with Crippen LogP contribution in [0.15, 0.2) is 24.3 Å². The molecule has 1 unspecified atom stereocenters. The molecule has 1 fully saturated rings. The van der Waals surface area contributed by atoms with E-state index in [1.165, 1.54) is 11.3 Å². The van der Waals surface area contributed by atoms with Crippen molar-refractivity contribution in [3.8, 4) is 10.4 Å². The maximum atomic E-state index is 13.2. The fraction of sp³-hybridized carbons (Fsp3) is 0.286. The van der Waals surface area contributed by atoms with E-state index >= 15 is 0 Å². The molecule has 0 radical (unpaired) electrons. The molecule has 1 atom stereocenters. The van der Waals surface area contributed by atoms with Gasteiger partial charge in [-0.15, -0.1) is 11.3 Å². The number of benzene rings is 1. The average molecular weight is 283 g/mol. The molecule has 1 saturated carbocycles. The van der Waals surface area contributed by atoms with Gasteiger partial charge in [0, 0.05) is 15.8 Å². The van der Waals surface area contributed by atoms with Gasteiger partial charge in [-0.2, -0.15) is 0 Å². The maximum Gasteiger partial charge on any atom is 0.194 e. The van der Waals surface area contributed by atoms with Crippen LogP contribution in [0.2, 0.25) is 0 Å². The minimum atomic E-state index is -1.43. The molecule has 1 nitrogen and oxygen atoms in total. The van der Waals surface area contributed by atoms with Crippen LogP contribution >= 0.6 is 11.3 Å². The van der Waals surface area contributed by atoms with Crippen molar-refractivity contribution < 1.29 is 13.2 Å². The number of hydrogen-bond acceptors (Lipinski definition) is 2. The summed E-state index contributed by atoms with van der Waals surface area (Å²) in [5.41, 5.74) is 6.42. The van der Waals surface area contributed by atoms with Gasteiger partial charge in [0.2, 0.25) is 0 Å². The van der Waals surface area contributed by atoms with Gasteiger partial charge in [-0.05, 0) is 48.6 Å². The molecular weight excluding hydrogens is 271 g/mol. The number of thiophene rings is 1. The van der Waals surface area contributed by atoms with Crippen LogP contribution in [-0.4, -0.2) is 0 Å². The summed E-state index contributed by atoms with van der Waals surface area (Å²) in [5.74, 6) is -3.25. The first-order valence-corrected chi connectivity index (χ1v) is 6.88. The molecule has 5 heteroatoms. The monoisotopic (exact) mass is 283 g/mol. The van der Waals surface area contributed by atoms with Gasteiger partial charge in [-0.3, -0.25) is 0 Å². The van der Waals surface area contributed by atoms with Gasteiger partial charge in [0.05, 0.1) is 0 Å². The highest BCUT2D eigenvalue weighted by Crippen LogP contribution is 2.42. The fourth-order valence-electron chi connectivity index (χ4n) is 2.07. The lowest BCUT2D eigenvalue weighted by Gasteiger charge is -2.06. The van der Waals surface area contributed by atoms with E-state index in [0.717, 1.165) is 29.9 Å². The summed E-state index contributed by atoms with van der Waals surface area (Å²) >= 11 is 1.40. The number of halogens is 3. The summed E-state index contributed by atoms with van der Waals surface area (Å²) < 4.78 is 39.3. The second-order valence-electron chi connectivity index (χ2n) is 4.82. The molecule has 1 heterocycles. The summed E-state index contributed by atoms with van der Waals surface area (Å²) in [5, 5.41) is 0. The Balaban J connectivity index is 1.94. The lowest BCUT2D eigenvalue weighted by molar-refractivity contribution is 0.448. The molecule has 0 saturated heterocycles. The normalized spacial score (nSPS) is 16.6. The molecule has 1 aromatic heterocycles. The number of hydrogen-bond donors (Lipinski definition) is 1. The highest BCUT2D eigenvalue weighted by molar-refractivity contribution is 7.15. The SMILES string of the molecule is NC(c1ccc(-c2cc(F)c(F)c(F)c2)s1)C1CC1. The van der Waals surface area contributed by atoms with E-state index < -0.39 is 17.5 Å². The second-order valence-corrected chi connectivity index (χ2v) is 5.93. The van der Waals surface area contributed by atoms with Crippen molar-refractivity contribution in [1.82, 2.24) is 0 Å². The molecule has 2 aromatic rings. The third-order valence-electron chi connectivity index (χ3n) is 3.35. The molecule has 0 amide bonds. The van der Waals surface area contributed by atoms with Crippen LogP contribution in [0.25, 0.3) is 10.4 Å². The fourth-order valence-corrected chi connectivity index (χ4v) is 3.16. The van der Waals surface area contributed by atoms with E-state index in [1.54, 1.807) is 6.07 Å². The first-order chi connectivity index (χ1) is 9.06. The van der Waals surface area contributed by atoms with Crippen molar-refractivity contribution >= 4 is 11.3 Å². The van der Waals surface area contributed by atoms with Crippen molar-refractivity contribution in [3.05, 3.63) is 46.6 Å². The van der Waals surface area contributed by atoms with Crippen LogP contribution in [0, 0.1) is 23.4 Å². The zero-order valence-corrected chi connectivity index (χ0v) is 10.8. The van der Waals surface area contributed by atoms with E-state index in [9.17, 15) is 13.2 Å². The Kier molecular flexibility index (Phi) is 3.11. The van der Waals surface area contributed by atoms with E-state index in [0.29, 0.717) is 16.4 Å². The van der Waals surface area contributed by atoms with Gasteiger partial charge in [0.25, 0.3) is 0 Å². The zero-order valence-electron chi connectivity index (χ0n) is 10.00. The molecule has 1 aromatic carbocycles. The van der Waals surface area contributed by atoms with Crippen molar-refractivity contribution in [2.45, 2.75) is 18.9 Å². The molecule has 0 bridgehead atoms. The lowest BCUT2D eigenvalue weighted by atomic mass is 10.1. The maximum absolute atomic E-state index is 13.2. The largest absolute Gasteiger partial charge is 0.323 e. The smallest absolute Gasteiger partial charge is 0.194 e. The molecule has 0 aliphatic heterocycles. The topological polar surface area (TPSA) is 26.0 Å². The minimum absolute atomic E-state index is 0.00566.